The molecule has 3 aliphatic rings. The van der Waals surface area contributed by atoms with E-state index in [1.807, 2.05) is 24.8 Å². The lowest BCUT2D eigenvalue weighted by molar-refractivity contribution is -0.153. The summed E-state index contributed by atoms with van der Waals surface area (Å²) in [4.78, 5) is 43.5. The Morgan fingerprint density at radius 3 is 2.67 bits per heavy atom. The molecule has 1 spiro atoms. The first kappa shape index (κ1) is 15.1. The summed E-state index contributed by atoms with van der Waals surface area (Å²) in [6, 6.07) is 2.34. The van der Waals surface area contributed by atoms with Gasteiger partial charge in [-0.25, -0.2) is 9.78 Å². The normalized spacial score (nSPS) is 31.2. The van der Waals surface area contributed by atoms with Crippen LogP contribution in [-0.4, -0.2) is 47.6 Å². The standard InChI is InChI=1S/C16H18N4O4/c1-8-7-20-11(9(2)24-8)16(6-10-4-3-5-17-12(10)20)13(21)18-15(23)19-14(16)22/h3-5,8-9,11H,6-7H2,1-2H3,(H2,18,19,21,22,23)/t8-,9+,11-/m1/s1. The van der Waals surface area contributed by atoms with Crippen molar-refractivity contribution in [1.82, 2.24) is 15.6 Å². The van der Waals surface area contributed by atoms with E-state index in [1.165, 1.54) is 0 Å². The lowest BCUT2D eigenvalue weighted by Gasteiger charge is -2.54. The highest BCUT2D eigenvalue weighted by Gasteiger charge is 2.63. The highest BCUT2D eigenvalue weighted by molar-refractivity contribution is 6.20. The number of morpholine rings is 1. The molecule has 3 atom stereocenters. The molecule has 126 valence electrons. The number of aromatic nitrogens is 1. The number of pyridine rings is 1. The number of fused-ring (bicyclic) bond motifs is 4. The summed E-state index contributed by atoms with van der Waals surface area (Å²) in [6.45, 7) is 4.32. The molecule has 0 aliphatic carbocycles. The number of amides is 4. The molecule has 4 rings (SSSR count). The van der Waals surface area contributed by atoms with E-state index in [0.29, 0.717) is 6.54 Å². The van der Waals surface area contributed by atoms with Crippen LogP contribution < -0.4 is 15.5 Å². The number of hydrogen-bond donors (Lipinski definition) is 2. The lowest BCUT2D eigenvalue weighted by atomic mass is 9.67. The molecule has 4 amide bonds. The molecule has 24 heavy (non-hydrogen) atoms. The summed E-state index contributed by atoms with van der Waals surface area (Å²) in [7, 11) is 0. The van der Waals surface area contributed by atoms with Gasteiger partial charge in [-0.3, -0.25) is 20.2 Å². The average molecular weight is 330 g/mol. The lowest BCUT2D eigenvalue weighted by Crippen LogP contribution is -2.75. The van der Waals surface area contributed by atoms with Gasteiger partial charge in [0.05, 0.1) is 18.2 Å². The van der Waals surface area contributed by atoms with Crippen LogP contribution >= 0.6 is 0 Å². The van der Waals surface area contributed by atoms with Crippen LogP contribution in [0.2, 0.25) is 0 Å². The van der Waals surface area contributed by atoms with Crippen LogP contribution in [0, 0.1) is 5.41 Å². The molecule has 1 aromatic heterocycles. The molecule has 0 bridgehead atoms. The number of ether oxygens (including phenoxy) is 1. The van der Waals surface area contributed by atoms with E-state index in [9.17, 15) is 14.4 Å². The average Bonchev–Trinajstić information content (AvgIpc) is 2.52. The second kappa shape index (κ2) is 5.01. The third kappa shape index (κ3) is 1.89. The first-order valence-electron chi connectivity index (χ1n) is 7.96. The van der Waals surface area contributed by atoms with Gasteiger partial charge in [0.25, 0.3) is 0 Å². The zero-order valence-corrected chi connectivity index (χ0v) is 13.4. The molecule has 2 N–H and O–H groups in total. The SMILES string of the molecule is C[C@@H]1CN2c3ncccc3CC3(C(=O)NC(=O)NC3=O)[C@H]2[C@H](C)O1. The van der Waals surface area contributed by atoms with E-state index in [4.69, 9.17) is 4.74 Å². The molecule has 0 unspecified atom stereocenters. The Kier molecular flexibility index (Phi) is 3.14. The van der Waals surface area contributed by atoms with Gasteiger partial charge in [-0.2, -0.15) is 0 Å². The molecule has 3 aliphatic heterocycles. The number of nitrogens with zero attached hydrogens (tertiary/aromatic N) is 2. The number of imide groups is 2. The van der Waals surface area contributed by atoms with E-state index >= 15 is 0 Å². The molecule has 0 saturated carbocycles. The third-order valence-electron chi connectivity index (χ3n) is 5.06. The summed E-state index contributed by atoms with van der Waals surface area (Å²) in [6.07, 6.45) is 1.46. The van der Waals surface area contributed by atoms with Gasteiger partial charge in [0.15, 0.2) is 5.41 Å². The summed E-state index contributed by atoms with van der Waals surface area (Å²) in [5.41, 5.74) is -0.599. The van der Waals surface area contributed by atoms with Gasteiger partial charge < -0.3 is 9.64 Å². The summed E-state index contributed by atoms with van der Waals surface area (Å²) in [5, 5.41) is 4.51. The maximum absolute atomic E-state index is 12.8. The predicted octanol–water partition coefficient (Wildman–Crippen LogP) is -0.0277. The Hall–Kier alpha value is -2.48. The maximum atomic E-state index is 12.8. The van der Waals surface area contributed by atoms with E-state index in [-0.39, 0.29) is 18.6 Å². The van der Waals surface area contributed by atoms with Crippen molar-refractivity contribution in [3.8, 4) is 0 Å². The van der Waals surface area contributed by atoms with E-state index in [1.54, 1.807) is 12.3 Å². The third-order valence-corrected chi connectivity index (χ3v) is 5.06. The van der Waals surface area contributed by atoms with Crippen molar-refractivity contribution in [3.05, 3.63) is 23.9 Å². The first-order chi connectivity index (χ1) is 11.4. The van der Waals surface area contributed by atoms with Crippen molar-refractivity contribution in [2.24, 2.45) is 5.41 Å². The van der Waals surface area contributed by atoms with Crippen LogP contribution in [-0.2, 0) is 20.7 Å². The smallest absolute Gasteiger partial charge is 0.328 e. The second-order valence-electron chi connectivity index (χ2n) is 6.62. The fourth-order valence-electron chi connectivity index (χ4n) is 4.24. The predicted molar refractivity (Wildman–Crippen MR) is 83.2 cm³/mol. The van der Waals surface area contributed by atoms with Crippen LogP contribution in [0.25, 0.3) is 0 Å². The van der Waals surface area contributed by atoms with Crippen molar-refractivity contribution in [2.75, 3.05) is 11.4 Å². The fraction of sp³-hybridized carbons (Fsp3) is 0.500. The number of carbonyl (C=O) groups is 3. The van der Waals surface area contributed by atoms with Gasteiger partial charge in [-0.1, -0.05) is 6.07 Å². The van der Waals surface area contributed by atoms with Crippen molar-refractivity contribution in [1.29, 1.82) is 0 Å². The number of barbiturate groups is 1. The minimum Gasteiger partial charge on any atom is -0.372 e. The molecule has 4 heterocycles. The molecule has 0 aromatic carbocycles. The van der Waals surface area contributed by atoms with Gasteiger partial charge in [0.1, 0.15) is 5.82 Å². The van der Waals surface area contributed by atoms with Crippen LogP contribution in [0.5, 0.6) is 0 Å². The topological polar surface area (TPSA) is 101 Å². The van der Waals surface area contributed by atoms with Gasteiger partial charge in [0.2, 0.25) is 11.8 Å². The molecule has 2 fully saturated rings. The Labute approximate surface area is 138 Å². The zero-order chi connectivity index (χ0) is 17.1. The van der Waals surface area contributed by atoms with Crippen molar-refractivity contribution < 1.29 is 19.1 Å². The molecule has 8 nitrogen and oxygen atoms in total. The number of urea groups is 1. The summed E-state index contributed by atoms with van der Waals surface area (Å²) in [5.74, 6) is -0.385. The van der Waals surface area contributed by atoms with E-state index < -0.39 is 29.3 Å². The van der Waals surface area contributed by atoms with Crippen LogP contribution in [0.15, 0.2) is 18.3 Å². The molecule has 1 aromatic rings. The van der Waals surface area contributed by atoms with E-state index in [2.05, 4.69) is 15.6 Å². The second-order valence-corrected chi connectivity index (χ2v) is 6.62. The van der Waals surface area contributed by atoms with Gasteiger partial charge in [-0.05, 0) is 25.5 Å². The minimum absolute atomic E-state index is 0.0578. The summed E-state index contributed by atoms with van der Waals surface area (Å²) < 4.78 is 5.91. The Morgan fingerprint density at radius 2 is 1.96 bits per heavy atom. The number of nitrogens with one attached hydrogen (secondary N) is 2. The van der Waals surface area contributed by atoms with Crippen LogP contribution in [0.4, 0.5) is 10.6 Å². The Bertz CT molecular complexity index is 729. The number of carbonyl (C=O) groups excluding carboxylic acids is 3. The quantitative estimate of drug-likeness (QED) is 0.648. The van der Waals surface area contributed by atoms with Crippen molar-refractivity contribution >= 4 is 23.7 Å². The fourth-order valence-corrected chi connectivity index (χ4v) is 4.24. The Morgan fingerprint density at radius 1 is 1.25 bits per heavy atom. The largest absolute Gasteiger partial charge is 0.372 e. The number of rotatable bonds is 0. The zero-order valence-electron chi connectivity index (χ0n) is 13.4. The molecular formula is C16H18N4O4. The van der Waals surface area contributed by atoms with Gasteiger partial charge >= 0.3 is 6.03 Å². The number of hydrogen-bond acceptors (Lipinski definition) is 6. The number of anilines is 1. The van der Waals surface area contributed by atoms with E-state index in [0.717, 1.165) is 11.4 Å². The maximum Gasteiger partial charge on any atom is 0.328 e. The minimum atomic E-state index is -1.41. The Balaban J connectivity index is 1.91. The molecule has 0 radical (unpaired) electrons. The van der Waals surface area contributed by atoms with Crippen LogP contribution in [0.1, 0.15) is 19.4 Å². The van der Waals surface area contributed by atoms with Crippen molar-refractivity contribution in [2.45, 2.75) is 38.5 Å². The van der Waals surface area contributed by atoms with Crippen molar-refractivity contribution in [3.63, 3.8) is 0 Å². The monoisotopic (exact) mass is 330 g/mol. The highest BCUT2D eigenvalue weighted by Crippen LogP contribution is 2.45. The van der Waals surface area contributed by atoms with Gasteiger partial charge in [0, 0.05) is 19.2 Å². The highest BCUT2D eigenvalue weighted by atomic mass is 16.5. The molecular weight excluding hydrogens is 312 g/mol. The van der Waals surface area contributed by atoms with Crippen LogP contribution in [0.3, 0.4) is 0 Å². The molecule has 2 saturated heterocycles. The summed E-state index contributed by atoms with van der Waals surface area (Å²) >= 11 is 0. The first-order valence-corrected chi connectivity index (χ1v) is 7.96. The van der Waals surface area contributed by atoms with Gasteiger partial charge in [-0.15, -0.1) is 0 Å². The molecule has 8 heteroatoms.